The van der Waals surface area contributed by atoms with Gasteiger partial charge in [-0.05, 0) is 65.0 Å². The number of rotatable bonds is 9. The van der Waals surface area contributed by atoms with Crippen LogP contribution in [-0.2, 0) is 0 Å². The van der Waals surface area contributed by atoms with Gasteiger partial charge < -0.3 is 9.80 Å². The fraction of sp³-hybridized carbons (Fsp3) is 1.00. The Morgan fingerprint density at radius 3 is 1.16 bits per heavy atom. The van der Waals surface area contributed by atoms with Crippen molar-refractivity contribution in [1.82, 2.24) is 9.80 Å². The molecule has 0 rings (SSSR count). The SMILES string of the molecule is CCC.CCN(C)CCC(C)C(C)CCN(C)CC. The first-order chi connectivity index (χ1) is 8.92. The van der Waals surface area contributed by atoms with Gasteiger partial charge in [-0.15, -0.1) is 0 Å². The lowest BCUT2D eigenvalue weighted by Gasteiger charge is -2.24. The highest BCUT2D eigenvalue weighted by Crippen LogP contribution is 2.18. The zero-order chi connectivity index (χ0) is 15.3. The molecule has 118 valence electrons. The number of hydrogen-bond donors (Lipinski definition) is 0. The maximum Gasteiger partial charge on any atom is -0.00193 e. The molecule has 2 atom stereocenters. The van der Waals surface area contributed by atoms with Crippen LogP contribution < -0.4 is 0 Å². The van der Waals surface area contributed by atoms with E-state index in [9.17, 15) is 0 Å². The summed E-state index contributed by atoms with van der Waals surface area (Å²) >= 11 is 0. The molecule has 2 unspecified atom stereocenters. The van der Waals surface area contributed by atoms with Crippen LogP contribution in [0, 0.1) is 11.8 Å². The first-order valence-corrected chi connectivity index (χ1v) is 8.29. The number of hydrogen-bond acceptors (Lipinski definition) is 2. The van der Waals surface area contributed by atoms with Gasteiger partial charge in [0, 0.05) is 0 Å². The van der Waals surface area contributed by atoms with Crippen molar-refractivity contribution in [3.8, 4) is 0 Å². The van der Waals surface area contributed by atoms with Gasteiger partial charge in [0.2, 0.25) is 0 Å². The average Bonchev–Trinajstić information content (AvgIpc) is 2.41. The Kier molecular flexibility index (Phi) is 16.0. The Bertz CT molecular complexity index is 153. The highest BCUT2D eigenvalue weighted by Gasteiger charge is 2.13. The molecule has 2 nitrogen and oxygen atoms in total. The van der Waals surface area contributed by atoms with Crippen molar-refractivity contribution in [3.63, 3.8) is 0 Å². The Morgan fingerprint density at radius 1 is 0.684 bits per heavy atom. The highest BCUT2D eigenvalue weighted by atomic mass is 15.1. The van der Waals surface area contributed by atoms with E-state index < -0.39 is 0 Å². The third-order valence-electron chi connectivity index (χ3n) is 3.98. The van der Waals surface area contributed by atoms with Crippen LogP contribution in [0.15, 0.2) is 0 Å². The van der Waals surface area contributed by atoms with Gasteiger partial charge in [-0.2, -0.15) is 0 Å². The molecule has 0 N–H and O–H groups in total. The van der Waals surface area contributed by atoms with E-state index in [1.165, 1.54) is 45.4 Å². The molecule has 0 spiro atoms. The zero-order valence-corrected chi connectivity index (χ0v) is 15.0. The van der Waals surface area contributed by atoms with Gasteiger partial charge >= 0.3 is 0 Å². The first-order valence-electron chi connectivity index (χ1n) is 8.29. The predicted octanol–water partition coefficient (Wildman–Crippen LogP) is 4.36. The minimum Gasteiger partial charge on any atom is -0.307 e. The third-order valence-corrected chi connectivity index (χ3v) is 3.98. The standard InChI is InChI=1S/C14H32N2.C3H8/c1-7-15(5)11-9-13(3)14(4)10-12-16(6)8-2;1-3-2/h13-14H,7-12H2,1-6H3;3H2,1-2H3. The van der Waals surface area contributed by atoms with Gasteiger partial charge in [0.25, 0.3) is 0 Å². The minimum atomic E-state index is 0.847. The fourth-order valence-electron chi connectivity index (χ4n) is 1.73. The molecule has 0 radical (unpaired) electrons. The molecular weight excluding hydrogens is 232 g/mol. The maximum absolute atomic E-state index is 2.40. The van der Waals surface area contributed by atoms with Crippen molar-refractivity contribution in [2.75, 3.05) is 40.3 Å². The van der Waals surface area contributed by atoms with Crippen LogP contribution in [-0.4, -0.2) is 50.1 Å². The topological polar surface area (TPSA) is 6.48 Å². The Morgan fingerprint density at radius 2 is 0.947 bits per heavy atom. The van der Waals surface area contributed by atoms with Crippen LogP contribution in [0.25, 0.3) is 0 Å². The molecule has 0 heterocycles. The number of nitrogens with zero attached hydrogens (tertiary/aromatic N) is 2. The average molecular weight is 273 g/mol. The Hall–Kier alpha value is -0.0800. The Balaban J connectivity index is 0. The molecule has 0 aliphatic heterocycles. The second-order valence-electron chi connectivity index (χ2n) is 6.03. The van der Waals surface area contributed by atoms with E-state index in [-0.39, 0.29) is 0 Å². The molecule has 0 aliphatic rings. The van der Waals surface area contributed by atoms with E-state index in [1.807, 2.05) is 0 Å². The summed E-state index contributed by atoms with van der Waals surface area (Å²) in [6.45, 7) is 18.3. The molecule has 2 heteroatoms. The summed E-state index contributed by atoms with van der Waals surface area (Å²) in [5, 5.41) is 0. The summed E-state index contributed by atoms with van der Waals surface area (Å²) in [6, 6.07) is 0. The van der Waals surface area contributed by atoms with Crippen LogP contribution in [0.1, 0.15) is 60.8 Å². The summed E-state index contributed by atoms with van der Waals surface area (Å²) in [4.78, 5) is 4.81. The molecule has 0 aromatic carbocycles. The lowest BCUT2D eigenvalue weighted by atomic mass is 9.90. The summed E-state index contributed by atoms with van der Waals surface area (Å²) in [5.41, 5.74) is 0. The van der Waals surface area contributed by atoms with Crippen LogP contribution >= 0.6 is 0 Å². The van der Waals surface area contributed by atoms with Gasteiger partial charge in [-0.25, -0.2) is 0 Å². The lowest BCUT2D eigenvalue weighted by molar-refractivity contribution is 0.247. The summed E-state index contributed by atoms with van der Waals surface area (Å²) < 4.78 is 0. The lowest BCUT2D eigenvalue weighted by Crippen LogP contribution is -2.25. The van der Waals surface area contributed by atoms with Crippen molar-refractivity contribution < 1.29 is 0 Å². The van der Waals surface area contributed by atoms with E-state index in [2.05, 4.69) is 65.4 Å². The molecule has 0 bridgehead atoms. The van der Waals surface area contributed by atoms with Crippen molar-refractivity contribution in [1.29, 1.82) is 0 Å². The van der Waals surface area contributed by atoms with Gasteiger partial charge in [-0.1, -0.05) is 48.0 Å². The van der Waals surface area contributed by atoms with E-state index in [4.69, 9.17) is 0 Å². The van der Waals surface area contributed by atoms with Crippen LogP contribution in [0.5, 0.6) is 0 Å². The third kappa shape index (κ3) is 14.1. The van der Waals surface area contributed by atoms with E-state index in [0.717, 1.165) is 11.8 Å². The first kappa shape index (κ1) is 21.2. The molecular formula is C17H40N2. The second-order valence-corrected chi connectivity index (χ2v) is 6.03. The monoisotopic (exact) mass is 272 g/mol. The largest absolute Gasteiger partial charge is 0.307 e. The van der Waals surface area contributed by atoms with Gasteiger partial charge in [-0.3, -0.25) is 0 Å². The molecule has 0 aromatic heterocycles. The second kappa shape index (κ2) is 14.3. The normalized spacial score (nSPS) is 14.2. The molecule has 0 saturated carbocycles. The van der Waals surface area contributed by atoms with Crippen LogP contribution in [0.2, 0.25) is 0 Å². The smallest absolute Gasteiger partial charge is 0.00193 e. The predicted molar refractivity (Wildman–Crippen MR) is 89.9 cm³/mol. The summed E-state index contributed by atoms with van der Waals surface area (Å²) in [6.07, 6.45) is 3.92. The van der Waals surface area contributed by atoms with Crippen molar-refractivity contribution >= 4 is 0 Å². The van der Waals surface area contributed by atoms with Crippen molar-refractivity contribution in [2.45, 2.75) is 60.8 Å². The maximum atomic E-state index is 2.40. The van der Waals surface area contributed by atoms with Crippen LogP contribution in [0.4, 0.5) is 0 Å². The van der Waals surface area contributed by atoms with Gasteiger partial charge in [0.1, 0.15) is 0 Å². The van der Waals surface area contributed by atoms with E-state index in [1.54, 1.807) is 0 Å². The van der Waals surface area contributed by atoms with Crippen LogP contribution in [0.3, 0.4) is 0 Å². The van der Waals surface area contributed by atoms with Gasteiger partial charge in [0.15, 0.2) is 0 Å². The quantitative estimate of drug-likeness (QED) is 0.615. The highest BCUT2D eigenvalue weighted by molar-refractivity contribution is 4.65. The summed E-state index contributed by atoms with van der Waals surface area (Å²) in [7, 11) is 4.42. The molecule has 0 fully saturated rings. The van der Waals surface area contributed by atoms with Gasteiger partial charge in [0.05, 0.1) is 0 Å². The molecule has 0 saturated heterocycles. The Labute approximate surface area is 123 Å². The molecule has 0 amide bonds. The summed E-state index contributed by atoms with van der Waals surface area (Å²) in [5.74, 6) is 1.69. The molecule has 19 heavy (non-hydrogen) atoms. The molecule has 0 aromatic rings. The minimum absolute atomic E-state index is 0.847. The van der Waals surface area contributed by atoms with E-state index in [0.29, 0.717) is 0 Å². The van der Waals surface area contributed by atoms with Crippen molar-refractivity contribution in [2.24, 2.45) is 11.8 Å². The molecule has 0 aliphatic carbocycles. The van der Waals surface area contributed by atoms with Crippen molar-refractivity contribution in [3.05, 3.63) is 0 Å². The zero-order valence-electron chi connectivity index (χ0n) is 15.0. The van der Waals surface area contributed by atoms with E-state index >= 15 is 0 Å². The fourth-order valence-corrected chi connectivity index (χ4v) is 1.73.